The number of rotatable bonds is 5. The Bertz CT molecular complexity index is 631. The van der Waals surface area contributed by atoms with Gasteiger partial charge in [-0.3, -0.25) is 4.98 Å². The summed E-state index contributed by atoms with van der Waals surface area (Å²) in [5.74, 6) is -0.709. The lowest BCUT2D eigenvalue weighted by molar-refractivity contribution is -0.139. The van der Waals surface area contributed by atoms with Crippen LogP contribution in [0.15, 0.2) is 48.8 Å². The van der Waals surface area contributed by atoms with Crippen molar-refractivity contribution in [2.24, 2.45) is 0 Å². The Morgan fingerprint density at radius 3 is 2.62 bits per heavy atom. The van der Waals surface area contributed by atoms with E-state index in [9.17, 15) is 9.59 Å². The highest BCUT2D eigenvalue weighted by Crippen LogP contribution is 2.17. The summed E-state index contributed by atoms with van der Waals surface area (Å²) < 4.78 is 5.03. The Morgan fingerprint density at radius 1 is 1.14 bits per heavy atom. The van der Waals surface area contributed by atoms with Gasteiger partial charge in [-0.2, -0.15) is 0 Å². The van der Waals surface area contributed by atoms with Gasteiger partial charge in [0, 0.05) is 18.0 Å². The first-order valence-electron chi connectivity index (χ1n) is 6.06. The lowest BCUT2D eigenvalue weighted by Gasteiger charge is -2.09. The third kappa shape index (κ3) is 4.83. The van der Waals surface area contributed by atoms with E-state index in [2.05, 4.69) is 15.6 Å². The number of hydrogen-bond acceptors (Lipinski definition) is 4. The molecular weight excluding hydrogens is 274 g/mol. The first kappa shape index (κ1) is 14.3. The molecule has 7 heteroatoms. The number of benzene rings is 1. The number of aliphatic carboxylic acids is 1. The molecule has 0 spiro atoms. The summed E-state index contributed by atoms with van der Waals surface area (Å²) in [5.41, 5.74) is 1.05. The Labute approximate surface area is 120 Å². The summed E-state index contributed by atoms with van der Waals surface area (Å²) in [6.45, 7) is -0.439. The maximum absolute atomic E-state index is 11.8. The number of anilines is 2. The van der Waals surface area contributed by atoms with E-state index in [0.29, 0.717) is 17.1 Å². The van der Waals surface area contributed by atoms with Gasteiger partial charge in [-0.1, -0.05) is 6.07 Å². The van der Waals surface area contributed by atoms with Gasteiger partial charge in [-0.25, -0.2) is 9.59 Å². The molecule has 0 radical (unpaired) electrons. The first-order valence-corrected chi connectivity index (χ1v) is 6.06. The molecule has 1 heterocycles. The lowest BCUT2D eigenvalue weighted by Crippen LogP contribution is -2.19. The average molecular weight is 287 g/mol. The minimum Gasteiger partial charge on any atom is -0.482 e. The molecule has 0 aliphatic carbocycles. The predicted octanol–water partition coefficient (Wildman–Crippen LogP) is 2.19. The van der Waals surface area contributed by atoms with Crippen molar-refractivity contribution in [2.75, 3.05) is 17.2 Å². The van der Waals surface area contributed by atoms with Gasteiger partial charge in [0.25, 0.3) is 0 Å². The Hall–Kier alpha value is -3.09. The highest BCUT2D eigenvalue weighted by molar-refractivity contribution is 5.99. The van der Waals surface area contributed by atoms with Crippen molar-refractivity contribution in [2.45, 2.75) is 0 Å². The third-order valence-corrected chi connectivity index (χ3v) is 2.37. The standard InChI is InChI=1S/C14H13N3O4/c18-13(19)9-21-12-5-1-3-10(7-12)16-14(20)17-11-4-2-6-15-8-11/h1-8H,9H2,(H,18,19)(H2,16,17,20). The first-order chi connectivity index (χ1) is 10.1. The predicted molar refractivity (Wildman–Crippen MR) is 76.5 cm³/mol. The number of amides is 2. The van der Waals surface area contributed by atoms with Gasteiger partial charge in [0.05, 0.1) is 11.9 Å². The van der Waals surface area contributed by atoms with Crippen LogP contribution in [0.4, 0.5) is 16.2 Å². The van der Waals surface area contributed by atoms with Crippen LogP contribution in [-0.2, 0) is 4.79 Å². The van der Waals surface area contributed by atoms with E-state index in [4.69, 9.17) is 9.84 Å². The fraction of sp³-hybridized carbons (Fsp3) is 0.0714. The van der Waals surface area contributed by atoms with Crippen molar-refractivity contribution in [1.82, 2.24) is 4.98 Å². The van der Waals surface area contributed by atoms with E-state index in [1.54, 1.807) is 36.5 Å². The number of pyridine rings is 1. The number of carboxylic acid groups (broad SMARTS) is 1. The summed E-state index contributed by atoms with van der Waals surface area (Å²) in [4.78, 5) is 26.1. The van der Waals surface area contributed by atoms with E-state index in [1.165, 1.54) is 12.3 Å². The zero-order valence-electron chi connectivity index (χ0n) is 10.9. The van der Waals surface area contributed by atoms with Crippen LogP contribution in [0.25, 0.3) is 0 Å². The van der Waals surface area contributed by atoms with Crippen LogP contribution in [-0.4, -0.2) is 28.7 Å². The lowest BCUT2D eigenvalue weighted by atomic mass is 10.3. The van der Waals surface area contributed by atoms with E-state index in [-0.39, 0.29) is 0 Å². The van der Waals surface area contributed by atoms with Crippen LogP contribution in [0.1, 0.15) is 0 Å². The SMILES string of the molecule is O=C(O)COc1cccc(NC(=O)Nc2cccnc2)c1. The molecule has 21 heavy (non-hydrogen) atoms. The third-order valence-electron chi connectivity index (χ3n) is 2.37. The zero-order valence-corrected chi connectivity index (χ0v) is 10.9. The molecule has 0 saturated carbocycles. The summed E-state index contributed by atoms with van der Waals surface area (Å²) in [6.07, 6.45) is 3.12. The number of carbonyl (C=O) groups excluding carboxylic acids is 1. The van der Waals surface area contributed by atoms with Crippen LogP contribution < -0.4 is 15.4 Å². The highest BCUT2D eigenvalue weighted by Gasteiger charge is 2.04. The molecule has 0 aliphatic heterocycles. The van der Waals surface area contributed by atoms with Gasteiger partial charge in [0.15, 0.2) is 6.61 Å². The molecule has 1 aromatic heterocycles. The molecule has 108 valence electrons. The zero-order chi connectivity index (χ0) is 15.1. The quantitative estimate of drug-likeness (QED) is 0.782. The van der Waals surface area contributed by atoms with Gasteiger partial charge in [0.1, 0.15) is 5.75 Å². The smallest absolute Gasteiger partial charge is 0.341 e. The molecule has 7 nitrogen and oxygen atoms in total. The van der Waals surface area contributed by atoms with Crippen molar-refractivity contribution in [3.63, 3.8) is 0 Å². The molecule has 0 fully saturated rings. The normalized spacial score (nSPS) is 9.71. The second-order valence-corrected chi connectivity index (χ2v) is 4.03. The molecular formula is C14H13N3O4. The van der Waals surface area contributed by atoms with Crippen LogP contribution in [0, 0.1) is 0 Å². The van der Waals surface area contributed by atoms with Gasteiger partial charge in [-0.05, 0) is 24.3 Å². The molecule has 0 unspecified atom stereocenters. The largest absolute Gasteiger partial charge is 0.482 e. The number of hydrogen-bond donors (Lipinski definition) is 3. The van der Waals surface area contributed by atoms with Crippen LogP contribution in [0.2, 0.25) is 0 Å². The summed E-state index contributed by atoms with van der Waals surface area (Å²) >= 11 is 0. The number of nitrogens with zero attached hydrogens (tertiary/aromatic N) is 1. The van der Waals surface area contributed by atoms with Crippen LogP contribution in [0.3, 0.4) is 0 Å². The minimum absolute atomic E-state index is 0.358. The molecule has 2 rings (SSSR count). The van der Waals surface area contributed by atoms with Gasteiger partial charge >= 0.3 is 12.0 Å². The van der Waals surface area contributed by atoms with Crippen molar-refractivity contribution in [3.8, 4) is 5.75 Å². The van der Waals surface area contributed by atoms with Crippen molar-refractivity contribution < 1.29 is 19.4 Å². The average Bonchev–Trinajstić information content (AvgIpc) is 2.46. The fourth-order valence-corrected chi connectivity index (χ4v) is 1.54. The monoisotopic (exact) mass is 287 g/mol. The molecule has 2 amide bonds. The van der Waals surface area contributed by atoms with Crippen molar-refractivity contribution >= 4 is 23.4 Å². The number of nitrogens with one attached hydrogen (secondary N) is 2. The topological polar surface area (TPSA) is 101 Å². The number of aromatic nitrogens is 1. The number of carbonyl (C=O) groups is 2. The molecule has 3 N–H and O–H groups in total. The number of urea groups is 1. The van der Waals surface area contributed by atoms with Gasteiger partial charge in [-0.15, -0.1) is 0 Å². The second-order valence-electron chi connectivity index (χ2n) is 4.03. The van der Waals surface area contributed by atoms with Crippen molar-refractivity contribution in [1.29, 1.82) is 0 Å². The van der Waals surface area contributed by atoms with Crippen LogP contribution in [0.5, 0.6) is 5.75 Å². The Morgan fingerprint density at radius 2 is 1.90 bits per heavy atom. The molecule has 0 atom stereocenters. The van der Waals surface area contributed by atoms with E-state index in [0.717, 1.165) is 0 Å². The summed E-state index contributed by atoms with van der Waals surface area (Å²) in [6, 6.07) is 9.43. The maximum atomic E-state index is 11.8. The van der Waals surface area contributed by atoms with E-state index >= 15 is 0 Å². The van der Waals surface area contributed by atoms with Crippen LogP contribution >= 0.6 is 0 Å². The minimum atomic E-state index is -1.07. The highest BCUT2D eigenvalue weighted by atomic mass is 16.5. The molecule has 0 bridgehead atoms. The number of ether oxygens (including phenoxy) is 1. The molecule has 0 aliphatic rings. The van der Waals surface area contributed by atoms with Gasteiger partial charge < -0.3 is 20.5 Å². The summed E-state index contributed by atoms with van der Waals surface area (Å²) in [7, 11) is 0. The Kier molecular flexibility index (Phi) is 4.70. The van der Waals surface area contributed by atoms with E-state index in [1.807, 2.05) is 0 Å². The molecule has 0 saturated heterocycles. The summed E-state index contributed by atoms with van der Waals surface area (Å²) in [5, 5.41) is 13.8. The van der Waals surface area contributed by atoms with E-state index < -0.39 is 18.6 Å². The van der Waals surface area contributed by atoms with Gasteiger partial charge in [0.2, 0.25) is 0 Å². The fourth-order valence-electron chi connectivity index (χ4n) is 1.54. The maximum Gasteiger partial charge on any atom is 0.341 e. The van der Waals surface area contributed by atoms with Crippen molar-refractivity contribution in [3.05, 3.63) is 48.8 Å². The molecule has 1 aromatic carbocycles. The second kappa shape index (κ2) is 6.90. The Balaban J connectivity index is 1.94. The number of carboxylic acids is 1. The molecule has 2 aromatic rings.